The van der Waals surface area contributed by atoms with Crippen LogP contribution >= 0.6 is 0 Å². The minimum absolute atomic E-state index is 0.256. The summed E-state index contributed by atoms with van der Waals surface area (Å²) in [4.78, 5) is 15.7. The quantitative estimate of drug-likeness (QED) is 0.718. The molecular weight excluding hydrogens is 190 g/mol. The Bertz CT molecular complexity index is 317. The lowest BCUT2D eigenvalue weighted by molar-refractivity contribution is -0.118. The molecule has 1 heterocycles. The van der Waals surface area contributed by atoms with Crippen LogP contribution in [0.25, 0.3) is 0 Å². The molecule has 0 fully saturated rings. The number of Topliss-reactive ketones (excluding diaryl/α,β-unsaturated/α-hetero) is 1. The summed E-state index contributed by atoms with van der Waals surface area (Å²) in [5.74, 6) is 1.62. The number of carbonyl (C=O) groups excluding carboxylic acids is 1. The van der Waals surface area contributed by atoms with Crippen LogP contribution in [0, 0.1) is 5.92 Å². The summed E-state index contributed by atoms with van der Waals surface area (Å²) >= 11 is 0. The Morgan fingerprint density at radius 3 is 2.87 bits per heavy atom. The van der Waals surface area contributed by atoms with Crippen LogP contribution in [0.5, 0.6) is 0 Å². The van der Waals surface area contributed by atoms with Crippen molar-refractivity contribution in [2.24, 2.45) is 5.92 Å². The SMILES string of the molecule is CCn1ncnc1CC(=O)CCC(C)C. The van der Waals surface area contributed by atoms with Crippen molar-refractivity contribution in [3.8, 4) is 0 Å². The summed E-state index contributed by atoms with van der Waals surface area (Å²) in [5.41, 5.74) is 0. The molecule has 0 saturated heterocycles. The number of nitrogens with zero attached hydrogens (tertiary/aromatic N) is 3. The van der Waals surface area contributed by atoms with Crippen LogP contribution in [0.15, 0.2) is 6.33 Å². The Labute approximate surface area is 90.7 Å². The van der Waals surface area contributed by atoms with Crippen molar-refractivity contribution >= 4 is 5.78 Å². The zero-order valence-corrected chi connectivity index (χ0v) is 9.73. The van der Waals surface area contributed by atoms with Gasteiger partial charge >= 0.3 is 0 Å². The number of hydrogen-bond acceptors (Lipinski definition) is 3. The fourth-order valence-corrected chi connectivity index (χ4v) is 1.40. The van der Waals surface area contributed by atoms with Crippen LogP contribution in [-0.4, -0.2) is 20.5 Å². The third-order valence-corrected chi connectivity index (χ3v) is 2.35. The summed E-state index contributed by atoms with van der Waals surface area (Å²) < 4.78 is 1.77. The van der Waals surface area contributed by atoms with Crippen molar-refractivity contribution < 1.29 is 4.79 Å². The van der Waals surface area contributed by atoms with Crippen LogP contribution in [0.2, 0.25) is 0 Å². The van der Waals surface area contributed by atoms with E-state index in [1.807, 2.05) is 6.92 Å². The van der Waals surface area contributed by atoms with E-state index in [0.29, 0.717) is 18.8 Å². The molecule has 0 bridgehead atoms. The van der Waals surface area contributed by atoms with E-state index in [1.165, 1.54) is 6.33 Å². The highest BCUT2D eigenvalue weighted by Crippen LogP contribution is 2.06. The second-order valence-electron chi connectivity index (χ2n) is 4.14. The highest BCUT2D eigenvalue weighted by atomic mass is 16.1. The molecule has 84 valence electrons. The van der Waals surface area contributed by atoms with Gasteiger partial charge in [-0.25, -0.2) is 9.67 Å². The maximum atomic E-state index is 11.6. The third-order valence-electron chi connectivity index (χ3n) is 2.35. The van der Waals surface area contributed by atoms with Gasteiger partial charge in [0.05, 0.1) is 6.42 Å². The number of aryl methyl sites for hydroxylation is 1. The van der Waals surface area contributed by atoms with Crippen molar-refractivity contribution in [2.45, 2.75) is 46.6 Å². The molecule has 0 aromatic carbocycles. The fourth-order valence-electron chi connectivity index (χ4n) is 1.40. The van der Waals surface area contributed by atoms with E-state index in [4.69, 9.17) is 0 Å². The first-order valence-corrected chi connectivity index (χ1v) is 5.51. The number of aromatic nitrogens is 3. The predicted molar refractivity (Wildman–Crippen MR) is 58.5 cm³/mol. The molecule has 0 radical (unpaired) electrons. The van der Waals surface area contributed by atoms with Gasteiger partial charge in [0.2, 0.25) is 0 Å². The topological polar surface area (TPSA) is 47.8 Å². The first-order valence-electron chi connectivity index (χ1n) is 5.51. The lowest BCUT2D eigenvalue weighted by Gasteiger charge is -2.04. The largest absolute Gasteiger partial charge is 0.299 e. The minimum atomic E-state index is 0.256. The number of hydrogen-bond donors (Lipinski definition) is 0. The van der Waals surface area contributed by atoms with Crippen LogP contribution in [0.1, 0.15) is 39.4 Å². The molecule has 0 N–H and O–H groups in total. The van der Waals surface area contributed by atoms with Gasteiger partial charge in [-0.3, -0.25) is 4.79 Å². The maximum Gasteiger partial charge on any atom is 0.140 e. The van der Waals surface area contributed by atoms with Crippen molar-refractivity contribution in [3.63, 3.8) is 0 Å². The zero-order chi connectivity index (χ0) is 11.3. The lowest BCUT2D eigenvalue weighted by Crippen LogP contribution is -2.11. The number of ketones is 1. The fraction of sp³-hybridized carbons (Fsp3) is 0.727. The van der Waals surface area contributed by atoms with E-state index >= 15 is 0 Å². The van der Waals surface area contributed by atoms with Gasteiger partial charge in [0.1, 0.15) is 17.9 Å². The van der Waals surface area contributed by atoms with Gasteiger partial charge in [0.15, 0.2) is 0 Å². The molecule has 0 spiro atoms. The zero-order valence-electron chi connectivity index (χ0n) is 9.73. The molecule has 0 aliphatic rings. The molecular formula is C11H19N3O. The highest BCUT2D eigenvalue weighted by molar-refractivity contribution is 5.80. The Morgan fingerprint density at radius 2 is 2.27 bits per heavy atom. The molecule has 0 unspecified atom stereocenters. The molecule has 0 saturated carbocycles. The number of carbonyl (C=O) groups is 1. The van der Waals surface area contributed by atoms with Crippen LogP contribution in [0.4, 0.5) is 0 Å². The Morgan fingerprint density at radius 1 is 1.53 bits per heavy atom. The van der Waals surface area contributed by atoms with E-state index in [1.54, 1.807) is 4.68 Å². The van der Waals surface area contributed by atoms with Gasteiger partial charge in [0, 0.05) is 13.0 Å². The van der Waals surface area contributed by atoms with Crippen LogP contribution in [-0.2, 0) is 17.8 Å². The van der Waals surface area contributed by atoms with Crippen molar-refractivity contribution in [1.29, 1.82) is 0 Å². The Kier molecular flexibility index (Phi) is 4.46. The predicted octanol–water partition coefficient (Wildman–Crippen LogP) is 1.85. The molecule has 4 nitrogen and oxygen atoms in total. The molecule has 0 amide bonds. The second kappa shape index (κ2) is 5.63. The van der Waals surface area contributed by atoms with E-state index in [-0.39, 0.29) is 5.78 Å². The Balaban J connectivity index is 2.44. The van der Waals surface area contributed by atoms with Gasteiger partial charge in [-0.05, 0) is 19.3 Å². The van der Waals surface area contributed by atoms with Crippen molar-refractivity contribution in [3.05, 3.63) is 12.2 Å². The second-order valence-corrected chi connectivity index (χ2v) is 4.14. The van der Waals surface area contributed by atoms with E-state index in [0.717, 1.165) is 18.8 Å². The summed E-state index contributed by atoms with van der Waals surface area (Å²) in [7, 11) is 0. The van der Waals surface area contributed by atoms with E-state index in [2.05, 4.69) is 23.9 Å². The molecule has 15 heavy (non-hydrogen) atoms. The average Bonchev–Trinajstić information content (AvgIpc) is 2.62. The normalized spacial score (nSPS) is 10.9. The monoisotopic (exact) mass is 209 g/mol. The van der Waals surface area contributed by atoms with Gasteiger partial charge in [-0.1, -0.05) is 13.8 Å². The average molecular weight is 209 g/mol. The third kappa shape index (κ3) is 3.81. The molecule has 4 heteroatoms. The minimum Gasteiger partial charge on any atom is -0.299 e. The summed E-state index contributed by atoms with van der Waals surface area (Å²) in [5, 5.41) is 4.04. The van der Waals surface area contributed by atoms with E-state index < -0.39 is 0 Å². The molecule has 1 rings (SSSR count). The van der Waals surface area contributed by atoms with Crippen molar-refractivity contribution in [2.75, 3.05) is 0 Å². The van der Waals surface area contributed by atoms with Gasteiger partial charge in [-0.2, -0.15) is 5.10 Å². The Hall–Kier alpha value is -1.19. The standard InChI is InChI=1S/C11H19N3O/c1-4-14-11(12-8-13-14)7-10(15)6-5-9(2)3/h8-9H,4-7H2,1-3H3. The van der Waals surface area contributed by atoms with Crippen LogP contribution in [0.3, 0.4) is 0 Å². The maximum absolute atomic E-state index is 11.6. The highest BCUT2D eigenvalue weighted by Gasteiger charge is 2.09. The van der Waals surface area contributed by atoms with Gasteiger partial charge in [0.25, 0.3) is 0 Å². The number of rotatable bonds is 6. The smallest absolute Gasteiger partial charge is 0.140 e. The first-order chi connectivity index (χ1) is 7.13. The summed E-state index contributed by atoms with van der Waals surface area (Å²) in [6, 6.07) is 0. The van der Waals surface area contributed by atoms with Gasteiger partial charge in [-0.15, -0.1) is 0 Å². The summed E-state index contributed by atoms with van der Waals surface area (Å²) in [6.45, 7) is 7.02. The van der Waals surface area contributed by atoms with Gasteiger partial charge < -0.3 is 0 Å². The molecule has 1 aromatic rings. The molecule has 0 aliphatic heterocycles. The first kappa shape index (κ1) is 11.9. The lowest BCUT2D eigenvalue weighted by atomic mass is 10.0. The van der Waals surface area contributed by atoms with Crippen LogP contribution < -0.4 is 0 Å². The van der Waals surface area contributed by atoms with Crippen molar-refractivity contribution in [1.82, 2.24) is 14.8 Å². The molecule has 0 aliphatic carbocycles. The van der Waals surface area contributed by atoms with E-state index in [9.17, 15) is 4.79 Å². The summed E-state index contributed by atoms with van der Waals surface area (Å²) in [6.07, 6.45) is 3.53. The molecule has 1 aromatic heterocycles. The molecule has 0 atom stereocenters.